The van der Waals surface area contributed by atoms with Crippen molar-refractivity contribution < 1.29 is 85.0 Å². The molecule has 1 heterocycles. The smallest absolute Gasteiger partial charge is 0.300 e. The number of carboxylic acids is 3. The molecule has 14 heteroatoms. The third kappa shape index (κ3) is 36.8. The number of rotatable bonds is 4. The molecule has 194 valence electrons. The van der Waals surface area contributed by atoms with E-state index in [0.717, 1.165) is 60.0 Å². The van der Waals surface area contributed by atoms with Crippen LogP contribution in [0.4, 0.5) is 0 Å². The van der Waals surface area contributed by atoms with Gasteiger partial charge in [-0.3, -0.25) is 19.3 Å². The summed E-state index contributed by atoms with van der Waals surface area (Å²) in [7, 11) is 0. The SMILES string of the molecule is CC(=O)O.CC(=O)O.CC(=O)O.OCC(O)C(CO)N1CC[N-]CCNCCNCC1.[Gd]. The molecule has 2 unspecified atom stereocenters. The van der Waals surface area contributed by atoms with Gasteiger partial charge in [0.1, 0.15) is 0 Å². The van der Waals surface area contributed by atoms with Gasteiger partial charge >= 0.3 is 0 Å². The van der Waals surface area contributed by atoms with Crippen molar-refractivity contribution in [2.45, 2.75) is 32.9 Å². The van der Waals surface area contributed by atoms with Crippen molar-refractivity contribution in [3.63, 3.8) is 0 Å². The zero-order chi connectivity index (χ0) is 24.7. The van der Waals surface area contributed by atoms with Gasteiger partial charge in [0.25, 0.3) is 17.9 Å². The van der Waals surface area contributed by atoms with Crippen LogP contribution < -0.4 is 10.6 Å². The second-order valence-corrected chi connectivity index (χ2v) is 6.26. The predicted octanol–water partition coefficient (Wildman–Crippen LogP) is -2.16. The first-order valence-electron chi connectivity index (χ1n) is 9.76. The van der Waals surface area contributed by atoms with E-state index < -0.39 is 30.1 Å². The zero-order valence-corrected chi connectivity index (χ0v) is 21.2. The number of nitrogens with one attached hydrogen (secondary N) is 2. The molecule has 8 N–H and O–H groups in total. The number of aliphatic hydroxyl groups is 3. The molecule has 1 saturated heterocycles. The summed E-state index contributed by atoms with van der Waals surface area (Å²) in [6.45, 7) is 9.08. The molecule has 1 fully saturated rings. The molecule has 32 heavy (non-hydrogen) atoms. The summed E-state index contributed by atoms with van der Waals surface area (Å²) in [5.41, 5.74) is 0. The number of carbonyl (C=O) groups is 3. The first-order valence-corrected chi connectivity index (χ1v) is 9.76. The van der Waals surface area contributed by atoms with Gasteiger partial charge in [0.05, 0.1) is 25.4 Å². The van der Waals surface area contributed by atoms with Crippen molar-refractivity contribution in [2.75, 3.05) is 65.6 Å². The number of carboxylic acid groups (broad SMARTS) is 3. The summed E-state index contributed by atoms with van der Waals surface area (Å²) in [6.07, 6.45) is -0.917. The molecule has 1 rings (SSSR count). The van der Waals surface area contributed by atoms with Crippen LogP contribution in [0.2, 0.25) is 0 Å². The quantitative estimate of drug-likeness (QED) is 0.171. The van der Waals surface area contributed by atoms with Crippen molar-refractivity contribution in [1.29, 1.82) is 0 Å². The molecule has 0 spiro atoms. The Bertz CT molecular complexity index is 410. The fourth-order valence-electron chi connectivity index (χ4n) is 2.16. The molecular formula is C18H39GdN4O9-. The molecule has 0 bridgehead atoms. The first kappa shape index (κ1) is 38.7. The van der Waals surface area contributed by atoms with Crippen LogP contribution in [-0.2, 0) is 14.4 Å². The Morgan fingerprint density at radius 2 is 1.25 bits per heavy atom. The Labute approximate surface area is 221 Å². The molecule has 13 nitrogen and oxygen atoms in total. The zero-order valence-electron chi connectivity index (χ0n) is 18.9. The van der Waals surface area contributed by atoms with Crippen molar-refractivity contribution >= 4 is 17.9 Å². The van der Waals surface area contributed by atoms with Crippen LogP contribution >= 0.6 is 0 Å². The summed E-state index contributed by atoms with van der Waals surface area (Å²) in [6, 6.07) is -0.428. The average Bonchev–Trinajstić information content (AvgIpc) is 2.62. The summed E-state index contributed by atoms with van der Waals surface area (Å²) in [5, 5.41) is 61.4. The monoisotopic (exact) mass is 613 g/mol. The predicted molar refractivity (Wildman–Crippen MR) is 114 cm³/mol. The molecule has 2 atom stereocenters. The Hall–Kier alpha value is -0.545. The van der Waals surface area contributed by atoms with Crippen LogP contribution in [0.1, 0.15) is 20.8 Å². The summed E-state index contributed by atoms with van der Waals surface area (Å²) in [4.78, 5) is 29.0. The number of aliphatic carboxylic acids is 3. The van der Waals surface area contributed by atoms with E-state index in [1.54, 1.807) is 0 Å². The van der Waals surface area contributed by atoms with E-state index >= 15 is 0 Å². The average molecular weight is 613 g/mol. The summed E-state index contributed by atoms with van der Waals surface area (Å²) >= 11 is 0. The second-order valence-electron chi connectivity index (χ2n) is 6.26. The molecule has 1 aliphatic rings. The van der Waals surface area contributed by atoms with Gasteiger partial charge in [0.2, 0.25) is 0 Å². The summed E-state index contributed by atoms with van der Waals surface area (Å²) < 4.78 is 0. The van der Waals surface area contributed by atoms with Crippen molar-refractivity contribution in [3.05, 3.63) is 5.32 Å². The van der Waals surface area contributed by atoms with E-state index in [0.29, 0.717) is 13.1 Å². The molecule has 0 aliphatic carbocycles. The minimum atomic E-state index is -0.917. The van der Waals surface area contributed by atoms with Gasteiger partial charge in [0.15, 0.2) is 0 Å². The molecule has 0 aromatic rings. The number of hydrogen-bond donors (Lipinski definition) is 8. The normalized spacial score (nSPS) is 16.7. The van der Waals surface area contributed by atoms with Gasteiger partial charge in [-0.15, -0.1) is 13.1 Å². The third-order valence-electron chi connectivity index (χ3n) is 3.33. The summed E-state index contributed by atoms with van der Waals surface area (Å²) in [5.74, 6) is -2.50. The molecule has 0 aromatic heterocycles. The maximum Gasteiger partial charge on any atom is 0.300 e. The minimum Gasteiger partial charge on any atom is -0.660 e. The van der Waals surface area contributed by atoms with Crippen LogP contribution in [0.3, 0.4) is 0 Å². The molecular weight excluding hydrogens is 573 g/mol. The first-order chi connectivity index (χ1) is 14.5. The van der Waals surface area contributed by atoms with E-state index in [9.17, 15) is 10.2 Å². The standard InChI is InChI=1S/C12H27N4O3.3C2H4O2.Gd/c17-9-11(12(19)10-18)16-7-5-14-3-1-13-2-4-15-6-8-16;3*1-2(3)4;/h11-14,17-19H,1-10H2;3*1H3,(H,3,4);/q-1;;;;. The van der Waals surface area contributed by atoms with Crippen LogP contribution in [0.5, 0.6) is 0 Å². The largest absolute Gasteiger partial charge is 0.660 e. The van der Waals surface area contributed by atoms with Crippen LogP contribution in [0.15, 0.2) is 0 Å². The van der Waals surface area contributed by atoms with E-state index in [1.165, 1.54) is 0 Å². The Kier molecular flexibility index (Phi) is 34.5. The molecule has 1 aliphatic heterocycles. The van der Waals surface area contributed by atoms with Crippen LogP contribution in [0, 0.1) is 39.9 Å². The van der Waals surface area contributed by atoms with Gasteiger partial charge in [-0.25, -0.2) is 0 Å². The van der Waals surface area contributed by atoms with Gasteiger partial charge in [0, 0.05) is 86.9 Å². The van der Waals surface area contributed by atoms with E-state index in [2.05, 4.69) is 16.0 Å². The molecule has 0 aromatic carbocycles. The van der Waals surface area contributed by atoms with Crippen LogP contribution in [0.25, 0.3) is 5.32 Å². The van der Waals surface area contributed by atoms with Gasteiger partial charge in [-0.2, -0.15) is 0 Å². The van der Waals surface area contributed by atoms with Crippen molar-refractivity contribution in [2.24, 2.45) is 0 Å². The topological polar surface area (TPSA) is 214 Å². The molecule has 0 amide bonds. The molecule has 0 radical (unpaired) electrons. The van der Waals surface area contributed by atoms with E-state index in [-0.39, 0.29) is 53.2 Å². The fourth-order valence-corrected chi connectivity index (χ4v) is 2.16. The molecule has 0 saturated carbocycles. The number of aliphatic hydroxyl groups excluding tert-OH is 3. The van der Waals surface area contributed by atoms with E-state index in [1.807, 2.05) is 4.90 Å². The Morgan fingerprint density at radius 3 is 1.66 bits per heavy atom. The second kappa shape index (κ2) is 28.5. The number of hydrogen-bond acceptors (Lipinski definition) is 9. The van der Waals surface area contributed by atoms with Crippen molar-refractivity contribution in [1.82, 2.24) is 15.5 Å². The minimum absolute atomic E-state index is 0. The van der Waals surface area contributed by atoms with Gasteiger partial charge < -0.3 is 46.6 Å². The Balaban J connectivity index is -0.000000250. The maximum atomic E-state index is 9.75. The van der Waals surface area contributed by atoms with Gasteiger partial charge in [-0.05, 0) is 13.1 Å². The number of nitrogens with zero attached hydrogens (tertiary/aromatic N) is 2. The fraction of sp³-hybridized carbons (Fsp3) is 0.833. The van der Waals surface area contributed by atoms with Gasteiger partial charge in [-0.1, -0.05) is 0 Å². The third-order valence-corrected chi connectivity index (χ3v) is 3.33. The maximum absolute atomic E-state index is 9.75. The van der Waals surface area contributed by atoms with Crippen molar-refractivity contribution in [3.8, 4) is 0 Å². The Morgan fingerprint density at radius 1 is 0.812 bits per heavy atom. The van der Waals surface area contributed by atoms with E-state index in [4.69, 9.17) is 34.8 Å². The van der Waals surface area contributed by atoms with Crippen LogP contribution in [-0.4, -0.2) is 131 Å².